The van der Waals surface area contributed by atoms with E-state index in [4.69, 9.17) is 4.74 Å². The second kappa shape index (κ2) is 16.6. The first-order chi connectivity index (χ1) is 24.4. The molecule has 0 saturated carbocycles. The number of amides is 1. The molecular weight excluding hydrogens is 640 g/mol. The fourth-order valence-corrected chi connectivity index (χ4v) is 6.83. The first-order valence-electron chi connectivity index (χ1n) is 17.6. The Morgan fingerprint density at radius 1 is 0.941 bits per heavy atom. The van der Waals surface area contributed by atoms with Crippen LogP contribution in [0.1, 0.15) is 67.3 Å². The molecule has 10 heteroatoms. The standard InChI is InChI=1S/C41H50N6O4/c1-8-39(28(3)41-31(6)51-22-16-42-41)47-17-15-34(27(2)26-47)25-43-32(7)44-35-11-9-33(10-12-35)23-40(50)46-20-18-45(19-21-46)36-13-14-37(29(4)48)38(24-36)30(5)49/h8-14,24-25,42,44H,1,7,15-23,26H2,2-6H3/b39-28+,43-25-. The van der Waals surface area contributed by atoms with Gasteiger partial charge in [0.25, 0.3) is 0 Å². The summed E-state index contributed by atoms with van der Waals surface area (Å²) in [7, 11) is 0. The van der Waals surface area contributed by atoms with Crippen LogP contribution in [0.5, 0.6) is 0 Å². The summed E-state index contributed by atoms with van der Waals surface area (Å²) in [4.78, 5) is 48.2. The molecule has 1 amide bonds. The number of anilines is 2. The van der Waals surface area contributed by atoms with E-state index in [1.807, 2.05) is 54.4 Å². The maximum absolute atomic E-state index is 13.1. The van der Waals surface area contributed by atoms with Crippen LogP contribution in [0.4, 0.5) is 11.4 Å². The molecule has 10 nitrogen and oxygen atoms in total. The molecule has 0 unspecified atom stereocenters. The van der Waals surface area contributed by atoms with Crippen LogP contribution in [0.15, 0.2) is 106 Å². The fourth-order valence-electron chi connectivity index (χ4n) is 6.83. The molecule has 0 radical (unpaired) electrons. The largest absolute Gasteiger partial charge is 0.494 e. The number of nitrogens with one attached hydrogen (secondary N) is 2. The summed E-state index contributed by atoms with van der Waals surface area (Å²) < 4.78 is 5.76. The second-order valence-electron chi connectivity index (χ2n) is 13.3. The minimum atomic E-state index is -0.132. The molecule has 51 heavy (non-hydrogen) atoms. The highest BCUT2D eigenvalue weighted by atomic mass is 16.5. The second-order valence-corrected chi connectivity index (χ2v) is 13.3. The predicted molar refractivity (Wildman–Crippen MR) is 205 cm³/mol. The highest BCUT2D eigenvalue weighted by molar-refractivity contribution is 6.07. The molecule has 0 spiro atoms. The molecule has 2 N–H and O–H groups in total. The van der Waals surface area contributed by atoms with Crippen molar-refractivity contribution in [2.75, 3.05) is 62.6 Å². The lowest BCUT2D eigenvalue weighted by molar-refractivity contribution is -0.130. The quantitative estimate of drug-likeness (QED) is 0.153. The topological polar surface area (TPSA) is 107 Å². The van der Waals surface area contributed by atoms with Gasteiger partial charge in [-0.3, -0.25) is 14.4 Å². The highest BCUT2D eigenvalue weighted by Crippen LogP contribution is 2.27. The van der Waals surface area contributed by atoms with Gasteiger partial charge in [0.05, 0.1) is 12.1 Å². The summed E-state index contributed by atoms with van der Waals surface area (Å²) in [5.41, 5.74) is 9.30. The molecule has 2 aromatic carbocycles. The number of ketones is 2. The van der Waals surface area contributed by atoms with Crippen molar-refractivity contribution in [3.63, 3.8) is 0 Å². The molecule has 0 atom stereocenters. The molecular formula is C41H50N6O4. The zero-order chi connectivity index (χ0) is 36.7. The van der Waals surface area contributed by atoms with Crippen molar-refractivity contribution in [1.29, 1.82) is 0 Å². The van der Waals surface area contributed by atoms with Crippen molar-refractivity contribution < 1.29 is 19.1 Å². The van der Waals surface area contributed by atoms with Gasteiger partial charge in [-0.15, -0.1) is 0 Å². The number of ether oxygens (including phenoxy) is 1. The predicted octanol–water partition coefficient (Wildman–Crippen LogP) is 6.27. The number of nitrogens with zero attached hydrogens (tertiary/aromatic N) is 4. The third kappa shape index (κ3) is 9.05. The Kier molecular flexibility index (Phi) is 12.0. The SMILES string of the molecule is C=C/C(=C(/C)C1=C(C)OCCN1)N1CCC(/C=N\C(=C)Nc2ccc(CC(=O)N3CCN(c4ccc(C(C)=O)c(C(C)=O)c4)CC3)cc2)=C(C)C1. The van der Waals surface area contributed by atoms with Gasteiger partial charge in [0, 0.05) is 80.2 Å². The number of aliphatic imine (C=N–C) groups is 1. The normalized spacial score (nSPS) is 17.2. The summed E-state index contributed by atoms with van der Waals surface area (Å²) in [5, 5.41) is 6.73. The number of carbonyl (C=O) groups is 3. The van der Waals surface area contributed by atoms with Crippen LogP contribution >= 0.6 is 0 Å². The number of rotatable bonds is 12. The average molecular weight is 691 g/mol. The van der Waals surface area contributed by atoms with Crippen molar-refractivity contribution in [1.82, 2.24) is 15.1 Å². The molecule has 3 aliphatic heterocycles. The molecule has 5 rings (SSSR count). The van der Waals surface area contributed by atoms with Crippen molar-refractivity contribution in [2.24, 2.45) is 4.99 Å². The van der Waals surface area contributed by atoms with E-state index in [1.165, 1.54) is 25.0 Å². The molecule has 1 saturated heterocycles. The van der Waals surface area contributed by atoms with E-state index in [9.17, 15) is 14.4 Å². The van der Waals surface area contributed by atoms with Crippen LogP contribution in [-0.2, 0) is 16.0 Å². The van der Waals surface area contributed by atoms with Crippen molar-refractivity contribution >= 4 is 35.1 Å². The maximum Gasteiger partial charge on any atom is 0.227 e. The third-order valence-electron chi connectivity index (χ3n) is 9.73. The van der Waals surface area contributed by atoms with E-state index in [1.54, 1.807) is 12.1 Å². The number of piperazine rings is 1. The van der Waals surface area contributed by atoms with Crippen LogP contribution in [0, 0.1) is 0 Å². The zero-order valence-electron chi connectivity index (χ0n) is 30.6. The van der Waals surface area contributed by atoms with Gasteiger partial charge in [-0.05, 0) is 99.7 Å². The summed E-state index contributed by atoms with van der Waals surface area (Å²) >= 11 is 0. The van der Waals surface area contributed by atoms with E-state index in [0.29, 0.717) is 56.2 Å². The smallest absolute Gasteiger partial charge is 0.227 e. The number of carbonyl (C=O) groups excluding carboxylic acids is 3. The van der Waals surface area contributed by atoms with E-state index in [0.717, 1.165) is 65.7 Å². The lowest BCUT2D eigenvalue weighted by Gasteiger charge is -2.36. The maximum atomic E-state index is 13.1. The minimum absolute atomic E-state index is 0.0770. The molecule has 3 heterocycles. The highest BCUT2D eigenvalue weighted by Gasteiger charge is 2.24. The van der Waals surface area contributed by atoms with Gasteiger partial charge in [-0.1, -0.05) is 25.3 Å². The number of benzene rings is 2. The van der Waals surface area contributed by atoms with E-state index >= 15 is 0 Å². The lowest BCUT2D eigenvalue weighted by atomic mass is 10.00. The summed E-state index contributed by atoms with van der Waals surface area (Å²) in [6, 6.07) is 13.2. The molecule has 2 aromatic rings. The van der Waals surface area contributed by atoms with Crippen molar-refractivity contribution in [3.8, 4) is 0 Å². The average Bonchev–Trinajstić information content (AvgIpc) is 3.12. The molecule has 0 bridgehead atoms. The van der Waals surface area contributed by atoms with E-state index in [2.05, 4.69) is 52.4 Å². The Balaban J connectivity index is 1.10. The van der Waals surface area contributed by atoms with Crippen LogP contribution in [0.25, 0.3) is 0 Å². The monoisotopic (exact) mass is 690 g/mol. The number of allylic oxidation sites excluding steroid dienone is 3. The Morgan fingerprint density at radius 3 is 2.27 bits per heavy atom. The number of Topliss-reactive ketones (excluding diaryl/α,β-unsaturated/α-hetero) is 2. The minimum Gasteiger partial charge on any atom is -0.494 e. The van der Waals surface area contributed by atoms with Gasteiger partial charge in [0.2, 0.25) is 5.91 Å². The molecule has 3 aliphatic rings. The summed E-state index contributed by atoms with van der Waals surface area (Å²) in [6.07, 6.45) is 5.02. The summed E-state index contributed by atoms with van der Waals surface area (Å²) in [5.74, 6) is 1.27. The van der Waals surface area contributed by atoms with Gasteiger partial charge in [-0.2, -0.15) is 0 Å². The van der Waals surface area contributed by atoms with Crippen LogP contribution in [0.3, 0.4) is 0 Å². The Labute approximate surface area is 301 Å². The van der Waals surface area contributed by atoms with Crippen LogP contribution < -0.4 is 15.5 Å². The summed E-state index contributed by atoms with van der Waals surface area (Å²) in [6.45, 7) is 23.0. The van der Waals surface area contributed by atoms with Gasteiger partial charge in [0.1, 0.15) is 18.2 Å². The molecule has 1 fully saturated rings. The fraction of sp³-hybridized carbons (Fsp3) is 0.366. The molecule has 0 aromatic heterocycles. The number of hydrogen-bond donors (Lipinski definition) is 2. The van der Waals surface area contributed by atoms with Crippen molar-refractivity contribution in [3.05, 3.63) is 118 Å². The van der Waals surface area contributed by atoms with Gasteiger partial charge >= 0.3 is 0 Å². The first kappa shape index (κ1) is 36.9. The Morgan fingerprint density at radius 2 is 1.65 bits per heavy atom. The number of hydrogen-bond acceptors (Lipinski definition) is 9. The first-order valence-corrected chi connectivity index (χ1v) is 17.6. The van der Waals surface area contributed by atoms with Crippen molar-refractivity contribution in [2.45, 2.75) is 47.5 Å². The molecule has 268 valence electrons. The van der Waals surface area contributed by atoms with Gasteiger partial charge < -0.3 is 30.1 Å². The zero-order valence-corrected chi connectivity index (χ0v) is 30.6. The lowest BCUT2D eigenvalue weighted by Crippen LogP contribution is -2.49. The van der Waals surface area contributed by atoms with E-state index < -0.39 is 0 Å². The van der Waals surface area contributed by atoms with Gasteiger partial charge in [0.15, 0.2) is 11.6 Å². The van der Waals surface area contributed by atoms with Crippen LogP contribution in [-0.4, -0.2) is 85.9 Å². The Hall–Kier alpha value is -5.38. The van der Waals surface area contributed by atoms with Gasteiger partial charge in [-0.25, -0.2) is 4.99 Å². The Bertz CT molecular complexity index is 1830. The molecule has 0 aliphatic carbocycles. The van der Waals surface area contributed by atoms with E-state index in [-0.39, 0.29) is 17.5 Å². The van der Waals surface area contributed by atoms with Crippen LogP contribution in [0.2, 0.25) is 0 Å². The third-order valence-corrected chi connectivity index (χ3v) is 9.73.